The fourth-order valence-electron chi connectivity index (χ4n) is 2.78. The van der Waals surface area contributed by atoms with Crippen LogP contribution in [-0.2, 0) is 4.79 Å². The van der Waals surface area contributed by atoms with Gasteiger partial charge < -0.3 is 14.8 Å². The normalized spacial score (nSPS) is 12.6. The Hall–Kier alpha value is -2.71. The molecule has 1 aromatic heterocycles. The first-order valence-corrected chi connectivity index (χ1v) is 9.97. The van der Waals surface area contributed by atoms with Crippen molar-refractivity contribution in [2.45, 2.75) is 12.1 Å². The number of benzene rings is 2. The molecular weight excluding hydrogens is 400 g/mol. The number of fused-ring (bicyclic) bond motifs is 1. The van der Waals surface area contributed by atoms with Crippen LogP contribution in [0.5, 0.6) is 11.5 Å². The lowest BCUT2D eigenvalue weighted by Crippen LogP contribution is -2.16. The summed E-state index contributed by atoms with van der Waals surface area (Å²) < 4.78 is 13.1. The van der Waals surface area contributed by atoms with E-state index in [1.54, 1.807) is 12.1 Å². The molecule has 0 atom stereocenters. The van der Waals surface area contributed by atoms with Crippen LogP contribution in [0.2, 0.25) is 5.02 Å². The molecule has 7 nitrogen and oxygen atoms in total. The second kappa shape index (κ2) is 8.12. The van der Waals surface area contributed by atoms with E-state index >= 15 is 0 Å². The first-order chi connectivity index (χ1) is 13.6. The predicted octanol–water partition coefficient (Wildman–Crippen LogP) is 3.73. The van der Waals surface area contributed by atoms with Crippen LogP contribution in [0, 0.1) is 6.92 Å². The molecule has 0 saturated heterocycles. The molecule has 3 aromatic rings. The van der Waals surface area contributed by atoms with Crippen LogP contribution in [0.4, 0.5) is 5.69 Å². The summed E-state index contributed by atoms with van der Waals surface area (Å²) in [5.41, 5.74) is 1.43. The number of hydrogen-bond donors (Lipinski definition) is 1. The average molecular weight is 417 g/mol. The summed E-state index contributed by atoms with van der Waals surface area (Å²) in [6.07, 6.45) is 0. The molecule has 0 radical (unpaired) electrons. The summed E-state index contributed by atoms with van der Waals surface area (Å²) in [5, 5.41) is 12.3. The number of para-hydroxylation sites is 1. The number of carbonyl (C=O) groups is 1. The van der Waals surface area contributed by atoms with Crippen LogP contribution in [0.3, 0.4) is 0 Å². The molecule has 0 bridgehead atoms. The summed E-state index contributed by atoms with van der Waals surface area (Å²) in [5.74, 6) is 2.12. The van der Waals surface area contributed by atoms with Crippen LogP contribution in [0.1, 0.15) is 5.82 Å². The third-order valence-electron chi connectivity index (χ3n) is 4.06. The maximum absolute atomic E-state index is 12.3. The Bertz CT molecular complexity index is 1020. The van der Waals surface area contributed by atoms with Crippen LogP contribution in [-0.4, -0.2) is 39.6 Å². The molecule has 144 valence electrons. The molecule has 2 aromatic carbocycles. The standard InChI is InChI=1S/C19H17ClN4O3S/c1-12-22-23-19(28-11-18(25)21-15-5-3-2-4-14(15)20)24(12)13-6-7-16-17(10-13)27-9-8-26-16/h2-7,10H,8-9,11H2,1H3,(H,21,25). The monoisotopic (exact) mass is 416 g/mol. The summed E-state index contributed by atoms with van der Waals surface area (Å²) in [6.45, 7) is 2.92. The number of nitrogens with zero attached hydrogens (tertiary/aromatic N) is 3. The molecule has 1 aliphatic rings. The number of ether oxygens (including phenoxy) is 2. The Morgan fingerprint density at radius 3 is 2.79 bits per heavy atom. The largest absolute Gasteiger partial charge is 0.486 e. The van der Waals surface area contributed by atoms with Crippen molar-refractivity contribution in [3.63, 3.8) is 0 Å². The maximum Gasteiger partial charge on any atom is 0.234 e. The van der Waals surface area contributed by atoms with Crippen molar-refractivity contribution < 1.29 is 14.3 Å². The average Bonchev–Trinajstić information content (AvgIpc) is 3.08. The lowest BCUT2D eigenvalue weighted by molar-refractivity contribution is -0.113. The van der Waals surface area contributed by atoms with E-state index in [0.29, 0.717) is 46.4 Å². The Morgan fingerprint density at radius 1 is 1.18 bits per heavy atom. The van der Waals surface area contributed by atoms with Gasteiger partial charge in [0.2, 0.25) is 5.91 Å². The van der Waals surface area contributed by atoms with Crippen LogP contribution >= 0.6 is 23.4 Å². The number of anilines is 1. The first kappa shape index (κ1) is 18.6. The zero-order valence-electron chi connectivity index (χ0n) is 15.0. The second-order valence-electron chi connectivity index (χ2n) is 6.01. The predicted molar refractivity (Wildman–Crippen MR) is 108 cm³/mol. The number of carbonyl (C=O) groups excluding carboxylic acids is 1. The molecule has 1 aliphatic heterocycles. The van der Waals surface area contributed by atoms with Crippen molar-refractivity contribution in [2.75, 3.05) is 24.3 Å². The minimum absolute atomic E-state index is 0.174. The fraction of sp³-hybridized carbons (Fsp3) is 0.211. The van der Waals surface area contributed by atoms with Crippen molar-refractivity contribution >= 4 is 35.0 Å². The Balaban J connectivity index is 1.49. The summed E-state index contributed by atoms with van der Waals surface area (Å²) in [4.78, 5) is 12.3. The van der Waals surface area contributed by atoms with Gasteiger partial charge in [-0.1, -0.05) is 35.5 Å². The molecule has 0 fully saturated rings. The number of halogens is 1. The topological polar surface area (TPSA) is 78.3 Å². The van der Waals surface area contributed by atoms with E-state index in [0.717, 1.165) is 5.69 Å². The van der Waals surface area contributed by atoms with E-state index in [1.165, 1.54) is 11.8 Å². The van der Waals surface area contributed by atoms with Gasteiger partial charge in [0.15, 0.2) is 16.7 Å². The van der Waals surface area contributed by atoms with Crippen LogP contribution in [0.25, 0.3) is 5.69 Å². The third-order valence-corrected chi connectivity index (χ3v) is 5.32. The van der Waals surface area contributed by atoms with E-state index < -0.39 is 0 Å². The van der Waals surface area contributed by atoms with Gasteiger partial charge >= 0.3 is 0 Å². The van der Waals surface area contributed by atoms with Crippen molar-refractivity contribution in [1.29, 1.82) is 0 Å². The third kappa shape index (κ3) is 3.93. The molecule has 2 heterocycles. The smallest absolute Gasteiger partial charge is 0.234 e. The number of thioether (sulfide) groups is 1. The number of rotatable bonds is 5. The summed E-state index contributed by atoms with van der Waals surface area (Å²) in [6, 6.07) is 12.8. The number of aryl methyl sites for hydroxylation is 1. The zero-order chi connectivity index (χ0) is 19.5. The Morgan fingerprint density at radius 2 is 1.96 bits per heavy atom. The minimum Gasteiger partial charge on any atom is -0.486 e. The summed E-state index contributed by atoms with van der Waals surface area (Å²) in [7, 11) is 0. The van der Waals surface area contributed by atoms with Crippen LogP contribution in [0.15, 0.2) is 47.6 Å². The number of amides is 1. The highest BCUT2D eigenvalue weighted by atomic mass is 35.5. The highest BCUT2D eigenvalue weighted by molar-refractivity contribution is 7.99. The van der Waals surface area contributed by atoms with Crippen molar-refractivity contribution in [3.8, 4) is 17.2 Å². The summed E-state index contributed by atoms with van der Waals surface area (Å²) >= 11 is 7.38. The van der Waals surface area contributed by atoms with Gasteiger partial charge in [-0.15, -0.1) is 10.2 Å². The van der Waals surface area contributed by atoms with Gasteiger partial charge in [-0.2, -0.15) is 0 Å². The van der Waals surface area contributed by atoms with E-state index in [-0.39, 0.29) is 11.7 Å². The first-order valence-electron chi connectivity index (χ1n) is 8.61. The van der Waals surface area contributed by atoms with Crippen molar-refractivity contribution in [2.24, 2.45) is 0 Å². The number of aromatic nitrogens is 3. The second-order valence-corrected chi connectivity index (χ2v) is 7.36. The van der Waals surface area contributed by atoms with E-state index in [2.05, 4.69) is 15.5 Å². The number of hydrogen-bond acceptors (Lipinski definition) is 6. The highest BCUT2D eigenvalue weighted by Gasteiger charge is 2.17. The Kier molecular flexibility index (Phi) is 5.40. The maximum atomic E-state index is 12.3. The molecule has 4 rings (SSSR count). The minimum atomic E-state index is -0.174. The van der Waals surface area contributed by atoms with Gasteiger partial charge in [0, 0.05) is 6.07 Å². The number of nitrogens with one attached hydrogen (secondary N) is 1. The molecule has 9 heteroatoms. The van der Waals surface area contributed by atoms with Crippen LogP contribution < -0.4 is 14.8 Å². The molecule has 0 unspecified atom stereocenters. The lowest BCUT2D eigenvalue weighted by Gasteiger charge is -2.19. The van der Waals surface area contributed by atoms with E-state index in [1.807, 2.05) is 41.8 Å². The molecule has 0 saturated carbocycles. The van der Waals surface area contributed by atoms with Gasteiger partial charge in [0.25, 0.3) is 0 Å². The highest BCUT2D eigenvalue weighted by Crippen LogP contribution is 2.33. The molecule has 0 aliphatic carbocycles. The zero-order valence-corrected chi connectivity index (χ0v) is 16.6. The molecule has 28 heavy (non-hydrogen) atoms. The van der Waals surface area contributed by atoms with Crippen molar-refractivity contribution in [1.82, 2.24) is 14.8 Å². The Labute approximate surface area is 171 Å². The van der Waals surface area contributed by atoms with Gasteiger partial charge in [-0.25, -0.2) is 0 Å². The van der Waals surface area contributed by atoms with Gasteiger partial charge in [-0.3, -0.25) is 9.36 Å². The fourth-order valence-corrected chi connectivity index (χ4v) is 3.76. The SMILES string of the molecule is Cc1nnc(SCC(=O)Nc2ccccc2Cl)n1-c1ccc2c(c1)OCCO2. The molecule has 1 amide bonds. The van der Waals surface area contributed by atoms with Gasteiger partial charge in [0.1, 0.15) is 19.0 Å². The molecule has 1 N–H and O–H groups in total. The lowest BCUT2D eigenvalue weighted by atomic mass is 10.2. The van der Waals surface area contributed by atoms with Crippen molar-refractivity contribution in [3.05, 3.63) is 53.3 Å². The van der Waals surface area contributed by atoms with E-state index in [4.69, 9.17) is 21.1 Å². The van der Waals surface area contributed by atoms with Gasteiger partial charge in [0.05, 0.1) is 22.2 Å². The molecular formula is C19H17ClN4O3S. The molecule has 0 spiro atoms. The van der Waals surface area contributed by atoms with E-state index in [9.17, 15) is 4.79 Å². The quantitative estimate of drug-likeness (QED) is 0.638. The van der Waals surface area contributed by atoms with Gasteiger partial charge in [-0.05, 0) is 31.2 Å².